The molecule has 5 rings (SSSR count). The molecule has 2 aromatic heterocycles. The zero-order chi connectivity index (χ0) is 19.6. The predicted molar refractivity (Wildman–Crippen MR) is 119 cm³/mol. The van der Waals surface area contributed by atoms with E-state index in [0.717, 1.165) is 60.8 Å². The quantitative estimate of drug-likeness (QED) is 0.637. The number of hydrogen-bond acceptors (Lipinski definition) is 6. The lowest BCUT2D eigenvalue weighted by atomic mass is 9.97. The van der Waals surface area contributed by atoms with Crippen molar-refractivity contribution in [3.8, 4) is 0 Å². The third-order valence-corrected chi connectivity index (χ3v) is 8.82. The molecule has 1 fully saturated rings. The Hall–Kier alpha value is -1.83. The van der Waals surface area contributed by atoms with Gasteiger partial charge >= 0.3 is 0 Å². The van der Waals surface area contributed by atoms with Crippen LogP contribution in [0, 0.1) is 0 Å². The minimum absolute atomic E-state index is 0.249. The van der Waals surface area contributed by atoms with Gasteiger partial charge in [0.15, 0.2) is 0 Å². The average molecular weight is 428 g/mol. The highest BCUT2D eigenvalue weighted by Gasteiger charge is 2.21. The summed E-state index contributed by atoms with van der Waals surface area (Å²) in [5.74, 6) is 1.48. The van der Waals surface area contributed by atoms with Crippen LogP contribution in [0.1, 0.15) is 41.7 Å². The van der Waals surface area contributed by atoms with E-state index < -0.39 is 10.8 Å². The number of nitrogens with zero attached hydrogens (tertiary/aromatic N) is 2. The standard InChI is InChI=1S/C22H25N3O2S2/c26-29(17-8-10-27-11-9-17)13-15-4-3-5-16(12-15)25-21-20-18-6-1-2-7-19(18)28-22(20)24-14-23-21/h3-5,12,14,17H,1-2,6-11,13H2,(H,23,24,25). The van der Waals surface area contributed by atoms with Crippen molar-refractivity contribution in [2.24, 2.45) is 0 Å². The number of hydrogen-bond donors (Lipinski definition) is 1. The lowest BCUT2D eigenvalue weighted by Gasteiger charge is -2.21. The van der Waals surface area contributed by atoms with Gasteiger partial charge in [0.05, 0.1) is 5.39 Å². The van der Waals surface area contributed by atoms with Gasteiger partial charge in [-0.1, -0.05) is 12.1 Å². The van der Waals surface area contributed by atoms with Crippen molar-refractivity contribution in [2.75, 3.05) is 18.5 Å². The number of benzene rings is 1. The molecule has 5 nitrogen and oxygen atoms in total. The highest BCUT2D eigenvalue weighted by atomic mass is 32.2. The van der Waals surface area contributed by atoms with E-state index in [4.69, 9.17) is 4.74 Å². The first kappa shape index (κ1) is 19.2. The lowest BCUT2D eigenvalue weighted by Crippen LogP contribution is -2.25. The second-order valence-electron chi connectivity index (χ2n) is 7.78. The molecule has 7 heteroatoms. The maximum absolute atomic E-state index is 12.8. The smallest absolute Gasteiger partial charge is 0.142 e. The Morgan fingerprint density at radius 3 is 2.93 bits per heavy atom. The summed E-state index contributed by atoms with van der Waals surface area (Å²) in [5.41, 5.74) is 3.51. The molecule has 0 saturated carbocycles. The molecule has 2 aliphatic rings. The normalized spacial score (nSPS) is 18.5. The molecule has 3 aromatic rings. The van der Waals surface area contributed by atoms with Crippen LogP contribution in [0.5, 0.6) is 0 Å². The van der Waals surface area contributed by atoms with Crippen molar-refractivity contribution in [3.05, 3.63) is 46.6 Å². The fourth-order valence-corrected chi connectivity index (χ4v) is 6.97. The molecule has 1 aromatic carbocycles. The molecule has 1 aliphatic carbocycles. The summed E-state index contributed by atoms with van der Waals surface area (Å²) < 4.78 is 18.2. The molecule has 0 bridgehead atoms. The van der Waals surface area contributed by atoms with E-state index in [1.807, 2.05) is 23.5 Å². The largest absolute Gasteiger partial charge is 0.381 e. The first-order valence-electron chi connectivity index (χ1n) is 10.3. The van der Waals surface area contributed by atoms with Gasteiger partial charge in [-0.15, -0.1) is 11.3 Å². The number of thiophene rings is 1. The number of ether oxygens (including phenoxy) is 1. The molecule has 0 radical (unpaired) electrons. The number of rotatable bonds is 5. The molecule has 1 saturated heterocycles. The van der Waals surface area contributed by atoms with Gasteiger partial charge in [0.1, 0.15) is 17.0 Å². The molecule has 1 unspecified atom stereocenters. The van der Waals surface area contributed by atoms with Crippen LogP contribution in [0.15, 0.2) is 30.6 Å². The summed E-state index contributed by atoms with van der Waals surface area (Å²) in [6, 6.07) is 8.24. The van der Waals surface area contributed by atoms with Gasteiger partial charge in [-0.05, 0) is 61.8 Å². The maximum Gasteiger partial charge on any atom is 0.142 e. The summed E-state index contributed by atoms with van der Waals surface area (Å²) in [7, 11) is -0.862. The van der Waals surface area contributed by atoms with Gasteiger partial charge in [0, 0.05) is 45.6 Å². The van der Waals surface area contributed by atoms with Crippen LogP contribution in [-0.4, -0.2) is 32.6 Å². The maximum atomic E-state index is 12.8. The van der Waals surface area contributed by atoms with Crippen LogP contribution in [-0.2, 0) is 34.1 Å². The molecule has 1 atom stereocenters. The van der Waals surface area contributed by atoms with E-state index in [9.17, 15) is 4.21 Å². The lowest BCUT2D eigenvalue weighted by molar-refractivity contribution is 0.0992. The van der Waals surface area contributed by atoms with E-state index in [2.05, 4.69) is 27.4 Å². The molecular formula is C22H25N3O2S2. The Labute approximate surface area is 177 Å². The van der Waals surface area contributed by atoms with Gasteiger partial charge in [0.2, 0.25) is 0 Å². The third kappa shape index (κ3) is 4.09. The van der Waals surface area contributed by atoms with Crippen LogP contribution in [0.3, 0.4) is 0 Å². The molecular weight excluding hydrogens is 402 g/mol. The molecule has 152 valence electrons. The van der Waals surface area contributed by atoms with E-state index in [0.29, 0.717) is 5.75 Å². The minimum atomic E-state index is -0.862. The van der Waals surface area contributed by atoms with Gasteiger partial charge in [-0.3, -0.25) is 4.21 Å². The van der Waals surface area contributed by atoms with Gasteiger partial charge in [0.25, 0.3) is 0 Å². The van der Waals surface area contributed by atoms with Crippen molar-refractivity contribution in [3.63, 3.8) is 0 Å². The Bertz CT molecular complexity index is 1040. The number of fused-ring (bicyclic) bond motifs is 3. The van der Waals surface area contributed by atoms with E-state index in [1.165, 1.54) is 28.7 Å². The third-order valence-electron chi connectivity index (χ3n) is 5.79. The second-order valence-corrected chi connectivity index (χ2v) is 10.6. The zero-order valence-corrected chi connectivity index (χ0v) is 18.0. The van der Waals surface area contributed by atoms with Gasteiger partial charge < -0.3 is 10.1 Å². The molecule has 29 heavy (non-hydrogen) atoms. The van der Waals surface area contributed by atoms with Crippen molar-refractivity contribution >= 4 is 43.9 Å². The Kier molecular flexibility index (Phi) is 5.61. The summed E-state index contributed by atoms with van der Waals surface area (Å²) in [6.07, 6.45) is 8.21. The van der Waals surface area contributed by atoms with E-state index >= 15 is 0 Å². The summed E-state index contributed by atoms with van der Waals surface area (Å²) in [5, 5.41) is 4.95. The summed E-state index contributed by atoms with van der Waals surface area (Å²) in [6.45, 7) is 1.46. The van der Waals surface area contributed by atoms with Crippen molar-refractivity contribution < 1.29 is 8.95 Å². The van der Waals surface area contributed by atoms with E-state index in [1.54, 1.807) is 6.33 Å². The highest BCUT2D eigenvalue weighted by molar-refractivity contribution is 7.84. The van der Waals surface area contributed by atoms with Crippen molar-refractivity contribution in [1.29, 1.82) is 0 Å². The Balaban J connectivity index is 1.38. The highest BCUT2D eigenvalue weighted by Crippen LogP contribution is 2.38. The molecule has 0 spiro atoms. The van der Waals surface area contributed by atoms with Crippen LogP contribution < -0.4 is 5.32 Å². The SMILES string of the molecule is O=S(Cc1cccc(Nc2ncnc3sc4c(c23)CCCC4)c1)C1CCOCC1. The fraction of sp³-hybridized carbons (Fsp3) is 0.455. The predicted octanol–water partition coefficient (Wildman–Crippen LogP) is 4.74. The number of nitrogens with one attached hydrogen (secondary N) is 1. The van der Waals surface area contributed by atoms with Crippen molar-refractivity contribution in [2.45, 2.75) is 49.5 Å². The van der Waals surface area contributed by atoms with Crippen LogP contribution in [0.4, 0.5) is 11.5 Å². The minimum Gasteiger partial charge on any atom is -0.381 e. The topological polar surface area (TPSA) is 64.1 Å². The number of anilines is 2. The Morgan fingerprint density at radius 2 is 2.03 bits per heavy atom. The fourth-order valence-electron chi connectivity index (χ4n) is 4.28. The molecule has 3 heterocycles. The van der Waals surface area contributed by atoms with Crippen LogP contribution in [0.25, 0.3) is 10.2 Å². The number of aryl methyl sites for hydroxylation is 2. The van der Waals surface area contributed by atoms with Crippen LogP contribution in [0.2, 0.25) is 0 Å². The summed E-state index contributed by atoms with van der Waals surface area (Å²) in [4.78, 5) is 11.6. The van der Waals surface area contributed by atoms with Crippen LogP contribution >= 0.6 is 11.3 Å². The monoisotopic (exact) mass is 427 g/mol. The number of aromatic nitrogens is 2. The summed E-state index contributed by atoms with van der Waals surface area (Å²) >= 11 is 1.81. The van der Waals surface area contributed by atoms with Gasteiger partial charge in [-0.2, -0.15) is 0 Å². The zero-order valence-electron chi connectivity index (χ0n) is 16.4. The van der Waals surface area contributed by atoms with E-state index in [-0.39, 0.29) is 5.25 Å². The average Bonchev–Trinajstić information content (AvgIpc) is 3.14. The Morgan fingerprint density at radius 1 is 1.17 bits per heavy atom. The molecule has 1 aliphatic heterocycles. The van der Waals surface area contributed by atoms with Crippen molar-refractivity contribution in [1.82, 2.24) is 9.97 Å². The molecule has 1 N–H and O–H groups in total. The second kappa shape index (κ2) is 8.50. The first-order chi connectivity index (χ1) is 14.3. The first-order valence-corrected chi connectivity index (χ1v) is 12.5. The van der Waals surface area contributed by atoms with Gasteiger partial charge in [-0.25, -0.2) is 9.97 Å². The molecule has 0 amide bonds.